The van der Waals surface area contributed by atoms with Crippen LogP contribution in [0.3, 0.4) is 0 Å². The number of amides is 1. The molecule has 3 atom stereocenters. The quantitative estimate of drug-likeness (QED) is 0.0377. The van der Waals surface area contributed by atoms with E-state index in [9.17, 15) is 20.1 Å². The van der Waals surface area contributed by atoms with E-state index in [1.165, 1.54) is 180 Å². The second-order valence-corrected chi connectivity index (χ2v) is 15.3. The third kappa shape index (κ3) is 35.2. The lowest BCUT2D eigenvalue weighted by Gasteiger charge is -2.21. The van der Waals surface area contributed by atoms with Crippen LogP contribution in [0.1, 0.15) is 232 Å². The SMILES string of the molecule is CCCCCCCC/C=C\CCCCCCCCC(O)C(=O)NC(CO)C(O)/C=C/CCCCCCCCCCCCCCCCCCCC. The predicted molar refractivity (Wildman–Crippen MR) is 218 cm³/mol. The lowest BCUT2D eigenvalue weighted by Crippen LogP contribution is -2.48. The summed E-state index contributed by atoms with van der Waals surface area (Å²) in [6, 6.07) is -0.798. The van der Waals surface area contributed by atoms with Crippen LogP contribution in [0.15, 0.2) is 24.3 Å². The van der Waals surface area contributed by atoms with Gasteiger partial charge >= 0.3 is 0 Å². The fourth-order valence-corrected chi connectivity index (χ4v) is 6.77. The van der Waals surface area contributed by atoms with Gasteiger partial charge in [0, 0.05) is 0 Å². The molecule has 4 N–H and O–H groups in total. The molecule has 0 heterocycles. The summed E-state index contributed by atoms with van der Waals surface area (Å²) < 4.78 is 0. The number of aliphatic hydroxyl groups excluding tert-OH is 3. The minimum atomic E-state index is -1.10. The highest BCUT2D eigenvalue weighted by atomic mass is 16.3. The summed E-state index contributed by atoms with van der Waals surface area (Å²) in [4.78, 5) is 12.5. The summed E-state index contributed by atoms with van der Waals surface area (Å²) in [5.41, 5.74) is 0. The van der Waals surface area contributed by atoms with Crippen LogP contribution in [-0.2, 0) is 4.79 Å². The number of nitrogens with one attached hydrogen (secondary N) is 1. The van der Waals surface area contributed by atoms with Crippen LogP contribution in [0.25, 0.3) is 0 Å². The van der Waals surface area contributed by atoms with Crippen LogP contribution in [0.5, 0.6) is 0 Å². The van der Waals surface area contributed by atoms with Gasteiger partial charge in [-0.15, -0.1) is 0 Å². The average molecular weight is 706 g/mol. The average Bonchev–Trinajstić information content (AvgIpc) is 3.12. The standard InChI is InChI=1S/C45H87NO4/c1-3-5-7-9-11-13-15-17-19-21-22-23-24-26-27-29-31-33-35-37-39-43(48)42(41-47)46-45(50)44(49)40-38-36-34-32-30-28-25-20-18-16-14-12-10-8-6-4-2/h18,20,37,39,42-44,47-49H,3-17,19,21-36,38,40-41H2,1-2H3,(H,46,50)/b20-18-,39-37+. The minimum absolute atomic E-state index is 0.364. The normalized spacial score (nSPS) is 13.8. The van der Waals surface area contributed by atoms with E-state index in [-0.39, 0.29) is 6.61 Å². The maximum atomic E-state index is 12.5. The molecule has 5 heteroatoms. The Morgan fingerprint density at radius 2 is 0.800 bits per heavy atom. The van der Waals surface area contributed by atoms with Gasteiger partial charge in [-0.3, -0.25) is 4.79 Å². The third-order valence-corrected chi connectivity index (χ3v) is 10.3. The number of rotatable bonds is 40. The highest BCUT2D eigenvalue weighted by Crippen LogP contribution is 2.15. The minimum Gasteiger partial charge on any atom is -0.394 e. The van der Waals surface area contributed by atoms with Gasteiger partial charge in [0.05, 0.1) is 18.8 Å². The van der Waals surface area contributed by atoms with Gasteiger partial charge in [-0.2, -0.15) is 0 Å². The smallest absolute Gasteiger partial charge is 0.249 e. The van der Waals surface area contributed by atoms with Gasteiger partial charge in [0.25, 0.3) is 0 Å². The number of carbonyl (C=O) groups is 1. The molecule has 1 amide bonds. The van der Waals surface area contributed by atoms with Gasteiger partial charge in [-0.25, -0.2) is 0 Å². The van der Waals surface area contributed by atoms with Gasteiger partial charge in [-0.1, -0.05) is 212 Å². The Hall–Kier alpha value is -1.17. The Bertz CT molecular complexity index is 739. The monoisotopic (exact) mass is 706 g/mol. The first kappa shape index (κ1) is 48.8. The summed E-state index contributed by atoms with van der Waals surface area (Å²) in [6.07, 6.45) is 49.2. The molecule has 0 spiro atoms. The first-order valence-electron chi connectivity index (χ1n) is 22.2. The third-order valence-electron chi connectivity index (χ3n) is 10.3. The summed E-state index contributed by atoms with van der Waals surface area (Å²) in [5.74, 6) is -0.507. The molecule has 0 aliphatic carbocycles. The van der Waals surface area contributed by atoms with E-state index in [1.54, 1.807) is 6.08 Å². The number of hydrogen-bond donors (Lipinski definition) is 4. The Morgan fingerprint density at radius 1 is 0.480 bits per heavy atom. The van der Waals surface area contributed by atoms with E-state index >= 15 is 0 Å². The largest absolute Gasteiger partial charge is 0.394 e. The first-order valence-corrected chi connectivity index (χ1v) is 22.2. The van der Waals surface area contributed by atoms with Crippen molar-refractivity contribution in [2.24, 2.45) is 0 Å². The molecule has 0 saturated carbocycles. The fourth-order valence-electron chi connectivity index (χ4n) is 6.77. The van der Waals surface area contributed by atoms with Crippen LogP contribution in [-0.4, -0.2) is 46.1 Å². The number of allylic oxidation sites excluding steroid dienone is 3. The Balaban J connectivity index is 3.67. The van der Waals surface area contributed by atoms with Gasteiger partial charge < -0.3 is 20.6 Å². The van der Waals surface area contributed by atoms with E-state index in [0.717, 1.165) is 32.1 Å². The zero-order chi connectivity index (χ0) is 36.6. The highest BCUT2D eigenvalue weighted by Gasteiger charge is 2.22. The molecule has 0 aromatic rings. The van der Waals surface area contributed by atoms with Crippen LogP contribution in [0, 0.1) is 0 Å². The zero-order valence-corrected chi connectivity index (χ0v) is 33.5. The van der Waals surface area contributed by atoms with Crippen molar-refractivity contribution in [2.75, 3.05) is 6.61 Å². The van der Waals surface area contributed by atoms with E-state index in [2.05, 4.69) is 31.3 Å². The van der Waals surface area contributed by atoms with Crippen LogP contribution in [0.2, 0.25) is 0 Å². The van der Waals surface area contributed by atoms with E-state index < -0.39 is 24.2 Å². The van der Waals surface area contributed by atoms with E-state index in [4.69, 9.17) is 0 Å². The van der Waals surface area contributed by atoms with Gasteiger partial charge in [0.1, 0.15) is 6.10 Å². The predicted octanol–water partition coefficient (Wildman–Crippen LogP) is 12.6. The van der Waals surface area contributed by atoms with E-state index in [0.29, 0.717) is 6.42 Å². The summed E-state index contributed by atoms with van der Waals surface area (Å²) in [6.45, 7) is 4.18. The van der Waals surface area contributed by atoms with Crippen LogP contribution >= 0.6 is 0 Å². The highest BCUT2D eigenvalue weighted by molar-refractivity contribution is 5.80. The van der Waals surface area contributed by atoms with Crippen molar-refractivity contribution < 1.29 is 20.1 Å². The molecule has 0 rings (SSSR count). The molecule has 0 aromatic heterocycles. The van der Waals surface area contributed by atoms with Crippen molar-refractivity contribution in [1.82, 2.24) is 5.32 Å². The molecule has 5 nitrogen and oxygen atoms in total. The lowest BCUT2D eigenvalue weighted by molar-refractivity contribution is -0.131. The zero-order valence-electron chi connectivity index (χ0n) is 33.5. The van der Waals surface area contributed by atoms with Crippen molar-refractivity contribution in [3.8, 4) is 0 Å². The molecule has 0 aliphatic heterocycles. The molecule has 50 heavy (non-hydrogen) atoms. The number of aliphatic hydroxyl groups is 3. The van der Waals surface area contributed by atoms with Crippen LogP contribution in [0.4, 0.5) is 0 Å². The number of hydrogen-bond acceptors (Lipinski definition) is 4. The molecule has 0 saturated heterocycles. The topological polar surface area (TPSA) is 89.8 Å². The van der Waals surface area contributed by atoms with Gasteiger partial charge in [0.15, 0.2) is 0 Å². The van der Waals surface area contributed by atoms with Crippen LogP contribution < -0.4 is 5.32 Å². The fraction of sp³-hybridized carbons (Fsp3) is 0.889. The summed E-state index contributed by atoms with van der Waals surface area (Å²) in [7, 11) is 0. The van der Waals surface area contributed by atoms with E-state index in [1.807, 2.05) is 6.08 Å². The number of carbonyl (C=O) groups excluding carboxylic acids is 1. The molecule has 296 valence electrons. The van der Waals surface area contributed by atoms with Crippen molar-refractivity contribution in [2.45, 2.75) is 250 Å². The van der Waals surface area contributed by atoms with Crippen molar-refractivity contribution in [1.29, 1.82) is 0 Å². The number of unbranched alkanes of at least 4 members (excludes halogenated alkanes) is 30. The van der Waals surface area contributed by atoms with Gasteiger partial charge in [-0.05, 0) is 44.9 Å². The molecular formula is C45H87NO4. The van der Waals surface area contributed by atoms with Crippen molar-refractivity contribution in [3.63, 3.8) is 0 Å². The molecular weight excluding hydrogens is 618 g/mol. The maximum Gasteiger partial charge on any atom is 0.249 e. The maximum absolute atomic E-state index is 12.5. The summed E-state index contributed by atoms with van der Waals surface area (Å²) in [5, 5.41) is 33.1. The molecule has 3 unspecified atom stereocenters. The first-order chi connectivity index (χ1) is 24.6. The molecule has 0 bridgehead atoms. The Labute approximate surface area is 312 Å². The summed E-state index contributed by atoms with van der Waals surface area (Å²) >= 11 is 0. The van der Waals surface area contributed by atoms with Crippen molar-refractivity contribution in [3.05, 3.63) is 24.3 Å². The Morgan fingerprint density at radius 3 is 1.16 bits per heavy atom. The second kappa shape index (κ2) is 40.6. The second-order valence-electron chi connectivity index (χ2n) is 15.3. The molecule has 0 fully saturated rings. The van der Waals surface area contributed by atoms with Gasteiger partial charge in [0.2, 0.25) is 5.91 Å². The van der Waals surface area contributed by atoms with Crippen molar-refractivity contribution >= 4 is 5.91 Å². The lowest BCUT2D eigenvalue weighted by atomic mass is 10.0. The molecule has 0 aliphatic rings. The Kier molecular flexibility index (Phi) is 39.6. The molecule has 0 aromatic carbocycles. The molecule has 0 radical (unpaired) electrons.